The van der Waals surface area contributed by atoms with E-state index in [1.165, 1.54) is 43.1 Å². The van der Waals surface area contributed by atoms with E-state index in [-0.39, 0.29) is 44.7 Å². The minimum Gasteiger partial charge on any atom is -0.465 e. The molecule has 5 aliphatic carbocycles. The largest absolute Gasteiger partial charge is 0.465 e. The number of halogens is 1. The SMILES string of the molecule is C=C(COCCN1CCOCC1)C1CCC2(C(=O)Cl)CCC3(C)C(CCC4C5(C)CC=C(c6ccc(C(=O)OC)cc6)C(C)(C)C5CCC43C)C12. The molecular weight excluding hydrogens is 658 g/mol. The molecule has 4 saturated carbocycles. The van der Waals surface area contributed by atoms with Gasteiger partial charge in [0.1, 0.15) is 0 Å². The van der Waals surface area contributed by atoms with Gasteiger partial charge in [-0.1, -0.05) is 59.4 Å². The van der Waals surface area contributed by atoms with Gasteiger partial charge in [-0.15, -0.1) is 0 Å². The highest BCUT2D eigenvalue weighted by atomic mass is 35.5. The summed E-state index contributed by atoms with van der Waals surface area (Å²) in [5.41, 5.74) is 4.43. The van der Waals surface area contributed by atoms with Crippen LogP contribution in [0, 0.1) is 56.7 Å². The highest BCUT2D eigenvalue weighted by Gasteiger charge is 2.71. The summed E-state index contributed by atoms with van der Waals surface area (Å²) in [6, 6.07) is 8.02. The van der Waals surface area contributed by atoms with E-state index in [1.54, 1.807) is 0 Å². The van der Waals surface area contributed by atoms with Crippen LogP contribution in [0.1, 0.15) is 108 Å². The minimum atomic E-state index is -0.439. The van der Waals surface area contributed by atoms with Crippen molar-refractivity contribution < 1.29 is 23.8 Å². The molecule has 51 heavy (non-hydrogen) atoms. The molecule has 7 heteroatoms. The van der Waals surface area contributed by atoms with Crippen LogP contribution in [-0.4, -0.2) is 69.3 Å². The van der Waals surface area contributed by atoms with Gasteiger partial charge in [0.2, 0.25) is 5.24 Å². The predicted octanol–water partition coefficient (Wildman–Crippen LogP) is 9.22. The second kappa shape index (κ2) is 13.7. The van der Waals surface area contributed by atoms with Gasteiger partial charge >= 0.3 is 5.97 Å². The molecule has 1 aliphatic heterocycles. The number of nitrogens with zero attached hydrogens (tertiary/aromatic N) is 1. The van der Waals surface area contributed by atoms with Crippen molar-refractivity contribution in [3.8, 4) is 0 Å². The van der Waals surface area contributed by atoms with Gasteiger partial charge in [-0.2, -0.15) is 0 Å². The molecule has 0 aromatic heterocycles. The molecule has 1 saturated heterocycles. The third-order valence-electron chi connectivity index (χ3n) is 16.5. The molecule has 0 radical (unpaired) electrons. The Kier molecular flexibility index (Phi) is 10.0. The van der Waals surface area contributed by atoms with Crippen LogP contribution >= 0.6 is 11.6 Å². The molecule has 1 aromatic rings. The Morgan fingerprint density at radius 1 is 0.922 bits per heavy atom. The van der Waals surface area contributed by atoms with Crippen LogP contribution in [0.5, 0.6) is 0 Å². The zero-order chi connectivity index (χ0) is 36.4. The fraction of sp³-hybridized carbons (Fsp3) is 0.727. The molecule has 9 unspecified atom stereocenters. The molecule has 6 aliphatic rings. The van der Waals surface area contributed by atoms with Crippen LogP contribution in [0.25, 0.3) is 5.57 Å². The van der Waals surface area contributed by atoms with Gasteiger partial charge in [0, 0.05) is 25.0 Å². The zero-order valence-corrected chi connectivity index (χ0v) is 32.9. The molecule has 5 fully saturated rings. The number of rotatable bonds is 9. The fourth-order valence-electron chi connectivity index (χ4n) is 13.7. The van der Waals surface area contributed by atoms with Gasteiger partial charge in [-0.25, -0.2) is 4.79 Å². The third kappa shape index (κ3) is 5.83. The maximum absolute atomic E-state index is 13.5. The van der Waals surface area contributed by atoms with Crippen LogP contribution in [0.2, 0.25) is 0 Å². The maximum atomic E-state index is 13.5. The maximum Gasteiger partial charge on any atom is 0.337 e. The number of esters is 1. The summed E-state index contributed by atoms with van der Waals surface area (Å²) in [4.78, 5) is 28.1. The first-order chi connectivity index (χ1) is 24.2. The number of hydrogen-bond donors (Lipinski definition) is 0. The van der Waals surface area contributed by atoms with E-state index in [2.05, 4.69) is 64.3 Å². The van der Waals surface area contributed by atoms with Crippen molar-refractivity contribution >= 4 is 28.4 Å². The normalized spacial score (nSPS) is 40.2. The van der Waals surface area contributed by atoms with Crippen molar-refractivity contribution in [3.05, 3.63) is 53.6 Å². The zero-order valence-electron chi connectivity index (χ0n) is 32.2. The number of benzene rings is 1. The number of carbonyl (C=O) groups excluding carboxylic acids is 2. The number of carbonyl (C=O) groups is 2. The van der Waals surface area contributed by atoms with Crippen LogP contribution in [-0.2, 0) is 19.0 Å². The fourth-order valence-corrected chi connectivity index (χ4v) is 14.0. The molecule has 1 heterocycles. The van der Waals surface area contributed by atoms with E-state index in [1.807, 2.05) is 12.1 Å². The Morgan fingerprint density at radius 2 is 1.65 bits per heavy atom. The summed E-state index contributed by atoms with van der Waals surface area (Å²) in [6.07, 6.45) is 12.2. The Labute approximate surface area is 312 Å². The lowest BCUT2D eigenvalue weighted by Crippen LogP contribution is -2.65. The van der Waals surface area contributed by atoms with Gasteiger partial charge in [0.25, 0.3) is 0 Å². The van der Waals surface area contributed by atoms with E-state index in [4.69, 9.17) is 25.8 Å². The quantitative estimate of drug-likeness (QED) is 0.110. The highest BCUT2D eigenvalue weighted by Crippen LogP contribution is 2.78. The number of fused-ring (bicyclic) bond motifs is 7. The van der Waals surface area contributed by atoms with Crippen molar-refractivity contribution in [3.63, 3.8) is 0 Å². The van der Waals surface area contributed by atoms with Gasteiger partial charge in [0.05, 0.1) is 39.1 Å². The van der Waals surface area contributed by atoms with Gasteiger partial charge < -0.3 is 14.2 Å². The molecular formula is C44H62ClNO5. The number of methoxy groups -OCH3 is 1. The first-order valence-corrected chi connectivity index (χ1v) is 20.3. The lowest BCUT2D eigenvalue weighted by Gasteiger charge is -2.72. The van der Waals surface area contributed by atoms with E-state index in [9.17, 15) is 9.59 Å². The second-order valence-corrected chi connectivity index (χ2v) is 18.9. The van der Waals surface area contributed by atoms with Crippen molar-refractivity contribution in [2.45, 2.75) is 92.4 Å². The second-order valence-electron chi connectivity index (χ2n) is 18.5. The topological polar surface area (TPSA) is 65.1 Å². The summed E-state index contributed by atoms with van der Waals surface area (Å²) >= 11 is 6.68. The summed E-state index contributed by atoms with van der Waals surface area (Å²) in [5.74, 6) is 1.83. The van der Waals surface area contributed by atoms with Crippen molar-refractivity contribution in [1.29, 1.82) is 0 Å². The lowest BCUT2D eigenvalue weighted by molar-refractivity contribution is -0.223. The predicted molar refractivity (Wildman–Crippen MR) is 203 cm³/mol. The van der Waals surface area contributed by atoms with Crippen LogP contribution in [0.15, 0.2) is 42.5 Å². The summed E-state index contributed by atoms with van der Waals surface area (Å²) < 4.78 is 16.7. The van der Waals surface area contributed by atoms with Crippen molar-refractivity contribution in [1.82, 2.24) is 4.90 Å². The first-order valence-electron chi connectivity index (χ1n) is 19.9. The molecule has 9 atom stereocenters. The summed E-state index contributed by atoms with van der Waals surface area (Å²) in [6.45, 7) is 23.2. The third-order valence-corrected chi connectivity index (χ3v) is 16.9. The average molecular weight is 720 g/mol. The smallest absolute Gasteiger partial charge is 0.337 e. The molecule has 0 spiro atoms. The Morgan fingerprint density at radius 3 is 2.33 bits per heavy atom. The minimum absolute atomic E-state index is 0.00168. The monoisotopic (exact) mass is 719 g/mol. The highest BCUT2D eigenvalue weighted by molar-refractivity contribution is 6.64. The molecule has 0 amide bonds. The molecule has 280 valence electrons. The molecule has 1 aromatic carbocycles. The molecule has 0 N–H and O–H groups in total. The summed E-state index contributed by atoms with van der Waals surface area (Å²) in [5, 5.41) is -0.104. The number of allylic oxidation sites excluding steroid dienone is 2. The van der Waals surface area contributed by atoms with E-state index < -0.39 is 5.41 Å². The Hall–Kier alpha value is -1.99. The molecule has 0 bridgehead atoms. The molecule has 6 nitrogen and oxygen atoms in total. The van der Waals surface area contributed by atoms with Crippen LogP contribution < -0.4 is 0 Å². The van der Waals surface area contributed by atoms with Gasteiger partial charge in [0.15, 0.2) is 0 Å². The summed E-state index contributed by atoms with van der Waals surface area (Å²) in [7, 11) is 1.43. The van der Waals surface area contributed by atoms with Crippen molar-refractivity contribution in [2.75, 3.05) is 53.2 Å². The number of morpholine rings is 1. The molecule has 7 rings (SSSR count). The average Bonchev–Trinajstić information content (AvgIpc) is 3.52. The van der Waals surface area contributed by atoms with Crippen LogP contribution in [0.3, 0.4) is 0 Å². The Balaban J connectivity index is 1.13. The van der Waals surface area contributed by atoms with Gasteiger partial charge in [-0.05, 0) is 149 Å². The lowest BCUT2D eigenvalue weighted by atomic mass is 9.32. The van der Waals surface area contributed by atoms with E-state index >= 15 is 0 Å². The van der Waals surface area contributed by atoms with Crippen molar-refractivity contribution in [2.24, 2.45) is 56.7 Å². The van der Waals surface area contributed by atoms with E-state index in [0.29, 0.717) is 36.5 Å². The van der Waals surface area contributed by atoms with Gasteiger partial charge in [-0.3, -0.25) is 9.69 Å². The van der Waals surface area contributed by atoms with Crippen LogP contribution in [0.4, 0.5) is 0 Å². The first kappa shape index (κ1) is 37.3. The van der Waals surface area contributed by atoms with E-state index in [0.717, 1.165) is 71.4 Å². The number of hydrogen-bond acceptors (Lipinski definition) is 6. The number of ether oxygens (including phenoxy) is 3. The standard InChI is InChI=1S/C44H62ClNO5/c1-29(28-51-27-24-46-22-25-50-26-23-46)32-14-19-44(39(45)48)21-20-42(5)34(37(32)44)12-13-36-41(4)17-15-33(30-8-10-31(11-9-30)38(47)49-7)40(2,3)35(41)16-18-43(36,42)6/h8-11,15,32,34-37H,1,12-14,16-28H2,2-7H3. The Bertz CT molecular complexity index is 1550.